The van der Waals surface area contributed by atoms with Gasteiger partial charge in [0.25, 0.3) is 0 Å². The first-order chi connectivity index (χ1) is 13.0. The molecule has 144 valence electrons. The van der Waals surface area contributed by atoms with Crippen molar-refractivity contribution in [2.24, 2.45) is 0 Å². The van der Waals surface area contributed by atoms with Gasteiger partial charge in [-0.25, -0.2) is 22.1 Å². The number of imidazole rings is 1. The summed E-state index contributed by atoms with van der Waals surface area (Å²) in [5.41, 5.74) is 1.64. The minimum Gasteiger partial charge on any atom is -0.325 e. The second-order valence-corrected chi connectivity index (χ2v) is 9.99. The Kier molecular flexibility index (Phi) is 3.93. The molecule has 3 aliphatic rings. The van der Waals surface area contributed by atoms with E-state index in [9.17, 15) is 12.8 Å². The van der Waals surface area contributed by atoms with Gasteiger partial charge in [0.1, 0.15) is 11.6 Å². The number of hydrogen-bond acceptors (Lipinski definition) is 4. The van der Waals surface area contributed by atoms with Crippen molar-refractivity contribution in [2.45, 2.75) is 43.0 Å². The number of rotatable bonds is 3. The molecule has 0 radical (unpaired) electrons. The van der Waals surface area contributed by atoms with Crippen molar-refractivity contribution in [3.05, 3.63) is 42.1 Å². The van der Waals surface area contributed by atoms with Crippen LogP contribution in [0.2, 0.25) is 0 Å². The Morgan fingerprint density at radius 1 is 1.11 bits per heavy atom. The van der Waals surface area contributed by atoms with Gasteiger partial charge in [-0.3, -0.25) is 0 Å². The van der Waals surface area contributed by atoms with Crippen LogP contribution < -0.4 is 5.32 Å². The smallest absolute Gasteiger partial charge is 0.216 e. The fourth-order valence-electron chi connectivity index (χ4n) is 4.42. The van der Waals surface area contributed by atoms with Crippen molar-refractivity contribution in [3.63, 3.8) is 0 Å². The fourth-order valence-corrected chi connectivity index (χ4v) is 6.27. The van der Waals surface area contributed by atoms with Crippen LogP contribution in [0.25, 0.3) is 11.3 Å². The topological polar surface area (TPSA) is 67.2 Å². The van der Waals surface area contributed by atoms with E-state index in [1.807, 2.05) is 6.20 Å². The van der Waals surface area contributed by atoms with E-state index in [0.29, 0.717) is 13.1 Å². The maximum atomic E-state index is 13.3. The van der Waals surface area contributed by atoms with Crippen LogP contribution >= 0.6 is 0 Å². The van der Waals surface area contributed by atoms with E-state index in [1.165, 1.54) is 12.1 Å². The Balaban J connectivity index is 1.43. The number of benzene rings is 1. The third-order valence-corrected chi connectivity index (χ3v) is 8.50. The van der Waals surface area contributed by atoms with Crippen LogP contribution in [0.4, 0.5) is 4.39 Å². The molecule has 8 heteroatoms. The largest absolute Gasteiger partial charge is 0.325 e. The summed E-state index contributed by atoms with van der Waals surface area (Å²) in [5.74, 6) is 0.719. The summed E-state index contributed by atoms with van der Waals surface area (Å²) in [7, 11) is -3.12. The number of hydrogen-bond donors (Lipinski definition) is 1. The minimum atomic E-state index is -3.12. The average molecular weight is 390 g/mol. The lowest BCUT2D eigenvalue weighted by molar-refractivity contribution is 0.160. The number of halogens is 1. The average Bonchev–Trinajstić information content (AvgIpc) is 3.44. The van der Waals surface area contributed by atoms with Crippen LogP contribution in [0.5, 0.6) is 0 Å². The van der Waals surface area contributed by atoms with Crippen LogP contribution in [0.1, 0.15) is 31.5 Å². The number of piperidine rings is 1. The van der Waals surface area contributed by atoms with E-state index < -0.39 is 10.0 Å². The first-order valence-electron chi connectivity index (χ1n) is 9.56. The van der Waals surface area contributed by atoms with Crippen LogP contribution in [0.3, 0.4) is 0 Å². The molecule has 3 heterocycles. The van der Waals surface area contributed by atoms with E-state index in [2.05, 4.69) is 9.88 Å². The van der Waals surface area contributed by atoms with Crippen LogP contribution in [0, 0.1) is 5.82 Å². The van der Waals surface area contributed by atoms with E-state index in [0.717, 1.165) is 55.9 Å². The van der Waals surface area contributed by atoms with Crippen molar-refractivity contribution in [2.75, 3.05) is 19.6 Å². The molecule has 1 N–H and O–H groups in total. The number of nitrogens with one attached hydrogen (secondary N) is 1. The molecule has 2 aliphatic heterocycles. The molecule has 1 aromatic heterocycles. The summed E-state index contributed by atoms with van der Waals surface area (Å²) in [4.78, 5) is 4.71. The van der Waals surface area contributed by atoms with Crippen molar-refractivity contribution in [3.8, 4) is 11.3 Å². The lowest BCUT2D eigenvalue weighted by Crippen LogP contribution is -2.56. The zero-order chi connectivity index (χ0) is 18.6. The second kappa shape index (κ2) is 6.12. The number of nitrogens with zero attached hydrogens (tertiary/aromatic N) is 3. The third-order valence-electron chi connectivity index (χ3n) is 6.10. The highest BCUT2D eigenvalue weighted by atomic mass is 32.2. The van der Waals surface area contributed by atoms with Gasteiger partial charge < -0.3 is 9.88 Å². The van der Waals surface area contributed by atoms with Gasteiger partial charge >= 0.3 is 0 Å². The molecular weight excluding hydrogens is 367 g/mol. The molecule has 0 atom stereocenters. The molecule has 5 rings (SSSR count). The Morgan fingerprint density at radius 2 is 1.81 bits per heavy atom. The zero-order valence-corrected chi connectivity index (χ0v) is 15.9. The molecule has 0 unspecified atom stereocenters. The predicted molar refractivity (Wildman–Crippen MR) is 100 cm³/mol. The van der Waals surface area contributed by atoms with Crippen LogP contribution in [0.15, 0.2) is 30.5 Å². The van der Waals surface area contributed by atoms with Gasteiger partial charge in [0, 0.05) is 26.2 Å². The third kappa shape index (κ3) is 2.81. The Bertz CT molecular complexity index is 958. The number of fused-ring (bicyclic) bond motifs is 2. The van der Waals surface area contributed by atoms with Crippen molar-refractivity contribution < 1.29 is 12.8 Å². The Morgan fingerprint density at radius 3 is 2.48 bits per heavy atom. The SMILES string of the molecule is O=S(=O)(C1CC1)N1CCC2(CC1)NCCn1c(-c3ccc(F)cc3)cnc12. The molecule has 0 bridgehead atoms. The molecule has 2 aromatic rings. The molecule has 1 saturated heterocycles. The highest BCUT2D eigenvalue weighted by Crippen LogP contribution is 2.39. The van der Waals surface area contributed by atoms with Gasteiger partial charge in [0.2, 0.25) is 10.0 Å². The molecule has 6 nitrogen and oxygen atoms in total. The van der Waals surface area contributed by atoms with Crippen LogP contribution in [-0.4, -0.2) is 47.2 Å². The molecule has 1 saturated carbocycles. The Hall–Kier alpha value is -1.77. The standard InChI is InChI=1S/C19H23FN4O2S/c20-15-3-1-14(2-4-15)17-13-21-18-19(22-9-12-24(17)18)7-10-23(11-8-19)27(25,26)16-5-6-16/h1-4,13,16,22H,5-12H2. The quantitative estimate of drug-likeness (QED) is 0.871. The summed E-state index contributed by atoms with van der Waals surface area (Å²) in [5, 5.41) is 3.46. The molecule has 1 aromatic carbocycles. The van der Waals surface area contributed by atoms with Gasteiger partial charge in [-0.1, -0.05) is 0 Å². The Labute approximate surface area is 158 Å². The highest BCUT2D eigenvalue weighted by molar-refractivity contribution is 7.90. The molecule has 1 aliphatic carbocycles. The van der Waals surface area contributed by atoms with Crippen molar-refractivity contribution in [1.29, 1.82) is 0 Å². The summed E-state index contributed by atoms with van der Waals surface area (Å²) in [6, 6.07) is 6.49. The van der Waals surface area contributed by atoms with Gasteiger partial charge in [0.15, 0.2) is 0 Å². The maximum Gasteiger partial charge on any atom is 0.216 e. The van der Waals surface area contributed by atoms with Gasteiger partial charge in [-0.05, 0) is 55.5 Å². The van der Waals surface area contributed by atoms with Crippen LogP contribution in [-0.2, 0) is 22.1 Å². The summed E-state index contributed by atoms with van der Waals surface area (Å²) in [6.45, 7) is 2.68. The highest BCUT2D eigenvalue weighted by Gasteiger charge is 2.47. The van der Waals surface area contributed by atoms with Crippen molar-refractivity contribution >= 4 is 10.0 Å². The predicted octanol–water partition coefficient (Wildman–Crippen LogP) is 2.08. The summed E-state index contributed by atoms with van der Waals surface area (Å²) >= 11 is 0. The maximum absolute atomic E-state index is 13.3. The van der Waals surface area contributed by atoms with Gasteiger partial charge in [-0.15, -0.1) is 0 Å². The minimum absolute atomic E-state index is 0.155. The molecule has 0 amide bonds. The number of sulfonamides is 1. The summed E-state index contributed by atoms with van der Waals surface area (Å²) < 4.78 is 42.2. The lowest BCUT2D eigenvalue weighted by atomic mass is 9.86. The van der Waals surface area contributed by atoms with E-state index in [1.54, 1.807) is 16.4 Å². The first-order valence-corrected chi connectivity index (χ1v) is 11.1. The molecular formula is C19H23FN4O2S. The zero-order valence-electron chi connectivity index (χ0n) is 15.1. The monoisotopic (exact) mass is 390 g/mol. The fraction of sp³-hybridized carbons (Fsp3) is 0.526. The number of aromatic nitrogens is 2. The van der Waals surface area contributed by atoms with Gasteiger partial charge in [0.05, 0.1) is 22.7 Å². The van der Waals surface area contributed by atoms with E-state index in [-0.39, 0.29) is 16.6 Å². The normalized spacial score (nSPS) is 22.7. The lowest BCUT2D eigenvalue weighted by Gasteiger charge is -2.44. The molecule has 2 fully saturated rings. The molecule has 27 heavy (non-hydrogen) atoms. The second-order valence-electron chi connectivity index (χ2n) is 7.78. The van der Waals surface area contributed by atoms with Gasteiger partial charge in [-0.2, -0.15) is 0 Å². The molecule has 1 spiro atoms. The van der Waals surface area contributed by atoms with E-state index in [4.69, 9.17) is 4.98 Å². The van der Waals surface area contributed by atoms with Crippen molar-refractivity contribution in [1.82, 2.24) is 19.2 Å². The van der Waals surface area contributed by atoms with E-state index >= 15 is 0 Å². The summed E-state index contributed by atoms with van der Waals surface area (Å²) in [6.07, 6.45) is 4.89. The first kappa shape index (κ1) is 17.3.